The molecule has 0 aliphatic heterocycles. The molecule has 0 amide bonds. The van der Waals surface area contributed by atoms with E-state index in [0.717, 1.165) is 0 Å². The molecule has 1 aromatic carbocycles. The minimum Gasteiger partial charge on any atom is -0.423 e. The van der Waals surface area contributed by atoms with Crippen molar-refractivity contribution >= 4 is 12.6 Å². The Labute approximate surface area is 87.4 Å². The van der Waals surface area contributed by atoms with E-state index in [1.807, 2.05) is 6.07 Å². The van der Waals surface area contributed by atoms with Crippen LogP contribution in [0.3, 0.4) is 0 Å². The third-order valence-electron chi connectivity index (χ3n) is 2.10. The van der Waals surface area contributed by atoms with Gasteiger partial charge in [-0.05, 0) is 11.5 Å². The second-order valence-corrected chi connectivity index (χ2v) is 3.06. The summed E-state index contributed by atoms with van der Waals surface area (Å²) in [7, 11) is -1.49. The van der Waals surface area contributed by atoms with Gasteiger partial charge >= 0.3 is 7.12 Å². The third kappa shape index (κ3) is 2.03. The molecule has 0 saturated heterocycles. The standard InChI is InChI=1S/C10H9BN2O2/c14-11(15)9-4-2-1-3-8(9)10-5-6-12-7-13-10/h1-7,14-15H. The van der Waals surface area contributed by atoms with Crippen molar-refractivity contribution < 1.29 is 10.0 Å². The van der Waals surface area contributed by atoms with Gasteiger partial charge in [-0.3, -0.25) is 0 Å². The Morgan fingerprint density at radius 3 is 2.53 bits per heavy atom. The van der Waals surface area contributed by atoms with Crippen LogP contribution in [0.1, 0.15) is 0 Å². The second kappa shape index (κ2) is 4.21. The molecule has 0 atom stereocenters. The van der Waals surface area contributed by atoms with Crippen LogP contribution in [0.25, 0.3) is 11.3 Å². The molecule has 0 saturated carbocycles. The molecule has 15 heavy (non-hydrogen) atoms. The van der Waals surface area contributed by atoms with Gasteiger partial charge in [0.05, 0.1) is 5.69 Å². The lowest BCUT2D eigenvalue weighted by atomic mass is 9.76. The quantitative estimate of drug-likeness (QED) is 0.660. The van der Waals surface area contributed by atoms with E-state index in [1.165, 1.54) is 6.33 Å². The number of aromatic nitrogens is 2. The molecule has 2 N–H and O–H groups in total. The lowest BCUT2D eigenvalue weighted by molar-refractivity contribution is 0.426. The van der Waals surface area contributed by atoms with Crippen LogP contribution in [0.2, 0.25) is 0 Å². The van der Waals surface area contributed by atoms with Gasteiger partial charge in [-0.15, -0.1) is 0 Å². The van der Waals surface area contributed by atoms with Crippen LogP contribution >= 0.6 is 0 Å². The van der Waals surface area contributed by atoms with Crippen molar-refractivity contribution in [2.24, 2.45) is 0 Å². The first-order valence-corrected chi connectivity index (χ1v) is 4.50. The smallest absolute Gasteiger partial charge is 0.423 e. The summed E-state index contributed by atoms with van der Waals surface area (Å²) in [5.41, 5.74) is 1.82. The monoisotopic (exact) mass is 200 g/mol. The molecule has 0 spiro atoms. The Balaban J connectivity index is 2.53. The Bertz CT molecular complexity index is 448. The van der Waals surface area contributed by atoms with Gasteiger partial charge in [-0.1, -0.05) is 24.3 Å². The summed E-state index contributed by atoms with van der Waals surface area (Å²) in [4.78, 5) is 7.87. The Morgan fingerprint density at radius 1 is 1.07 bits per heavy atom. The molecular weight excluding hydrogens is 191 g/mol. The minimum absolute atomic E-state index is 0.441. The number of hydrogen-bond acceptors (Lipinski definition) is 4. The van der Waals surface area contributed by atoms with Crippen LogP contribution < -0.4 is 5.46 Å². The topological polar surface area (TPSA) is 66.2 Å². The van der Waals surface area contributed by atoms with E-state index in [4.69, 9.17) is 0 Å². The molecule has 0 aliphatic rings. The molecule has 0 radical (unpaired) electrons. The highest BCUT2D eigenvalue weighted by Gasteiger charge is 2.16. The van der Waals surface area contributed by atoms with E-state index in [-0.39, 0.29) is 0 Å². The lowest BCUT2D eigenvalue weighted by Gasteiger charge is -2.06. The largest absolute Gasteiger partial charge is 0.489 e. The second-order valence-electron chi connectivity index (χ2n) is 3.06. The van der Waals surface area contributed by atoms with Gasteiger partial charge < -0.3 is 10.0 Å². The summed E-state index contributed by atoms with van der Waals surface area (Å²) in [6.07, 6.45) is 3.04. The van der Waals surface area contributed by atoms with Crippen LogP contribution in [-0.2, 0) is 0 Å². The maximum atomic E-state index is 9.18. The van der Waals surface area contributed by atoms with E-state index in [1.54, 1.807) is 30.5 Å². The Kier molecular flexibility index (Phi) is 2.76. The predicted molar refractivity (Wildman–Crippen MR) is 57.3 cm³/mol. The van der Waals surface area contributed by atoms with Crippen LogP contribution in [-0.4, -0.2) is 27.1 Å². The van der Waals surface area contributed by atoms with Crippen molar-refractivity contribution in [3.05, 3.63) is 42.9 Å². The van der Waals surface area contributed by atoms with Crippen molar-refractivity contribution in [2.75, 3.05) is 0 Å². The summed E-state index contributed by atoms with van der Waals surface area (Å²) in [6.45, 7) is 0. The first-order valence-electron chi connectivity index (χ1n) is 4.50. The van der Waals surface area contributed by atoms with Gasteiger partial charge in [0.1, 0.15) is 6.33 Å². The van der Waals surface area contributed by atoms with Crippen LogP contribution in [0.5, 0.6) is 0 Å². The average Bonchev–Trinajstić information content (AvgIpc) is 2.30. The molecule has 1 heterocycles. The maximum absolute atomic E-state index is 9.18. The van der Waals surface area contributed by atoms with Crippen LogP contribution in [0.15, 0.2) is 42.9 Å². The van der Waals surface area contributed by atoms with Gasteiger partial charge in [0, 0.05) is 11.8 Å². The van der Waals surface area contributed by atoms with Crippen molar-refractivity contribution in [3.63, 3.8) is 0 Å². The molecule has 0 fully saturated rings. The van der Waals surface area contributed by atoms with Crippen molar-refractivity contribution in [1.82, 2.24) is 9.97 Å². The van der Waals surface area contributed by atoms with E-state index in [0.29, 0.717) is 16.7 Å². The molecule has 0 bridgehead atoms. The van der Waals surface area contributed by atoms with E-state index in [2.05, 4.69) is 9.97 Å². The first kappa shape index (κ1) is 9.83. The fourth-order valence-corrected chi connectivity index (χ4v) is 1.41. The van der Waals surface area contributed by atoms with E-state index < -0.39 is 7.12 Å². The van der Waals surface area contributed by atoms with Crippen molar-refractivity contribution in [1.29, 1.82) is 0 Å². The zero-order valence-corrected chi connectivity index (χ0v) is 7.91. The molecular formula is C10H9BN2O2. The zero-order chi connectivity index (χ0) is 10.7. The Morgan fingerprint density at radius 2 is 1.87 bits per heavy atom. The molecule has 74 valence electrons. The van der Waals surface area contributed by atoms with E-state index in [9.17, 15) is 10.0 Å². The SMILES string of the molecule is OB(O)c1ccccc1-c1ccncn1. The summed E-state index contributed by atoms with van der Waals surface area (Å²) in [5, 5.41) is 18.4. The van der Waals surface area contributed by atoms with Crippen LogP contribution in [0.4, 0.5) is 0 Å². The lowest BCUT2D eigenvalue weighted by Crippen LogP contribution is -2.31. The highest BCUT2D eigenvalue weighted by molar-refractivity contribution is 6.60. The molecule has 1 aromatic heterocycles. The number of benzene rings is 1. The fraction of sp³-hybridized carbons (Fsp3) is 0. The van der Waals surface area contributed by atoms with Crippen molar-refractivity contribution in [3.8, 4) is 11.3 Å². The Hall–Kier alpha value is -1.72. The fourth-order valence-electron chi connectivity index (χ4n) is 1.41. The average molecular weight is 200 g/mol. The van der Waals surface area contributed by atoms with Gasteiger partial charge in [-0.2, -0.15) is 0 Å². The highest BCUT2D eigenvalue weighted by atomic mass is 16.4. The summed E-state index contributed by atoms with van der Waals surface area (Å²) >= 11 is 0. The predicted octanol–water partition coefficient (Wildman–Crippen LogP) is -0.177. The molecule has 2 rings (SSSR count). The number of rotatable bonds is 2. The van der Waals surface area contributed by atoms with Gasteiger partial charge in [0.2, 0.25) is 0 Å². The third-order valence-corrected chi connectivity index (χ3v) is 2.10. The summed E-state index contributed by atoms with van der Waals surface area (Å²) in [5.74, 6) is 0. The first-order chi connectivity index (χ1) is 7.29. The zero-order valence-electron chi connectivity index (χ0n) is 7.91. The summed E-state index contributed by atoms with van der Waals surface area (Å²) < 4.78 is 0. The van der Waals surface area contributed by atoms with E-state index >= 15 is 0 Å². The van der Waals surface area contributed by atoms with Gasteiger partial charge in [0.25, 0.3) is 0 Å². The molecule has 5 heteroatoms. The normalized spacial score (nSPS) is 10.0. The number of nitrogens with zero attached hydrogens (tertiary/aromatic N) is 2. The minimum atomic E-state index is -1.49. The van der Waals surface area contributed by atoms with Crippen molar-refractivity contribution in [2.45, 2.75) is 0 Å². The van der Waals surface area contributed by atoms with Gasteiger partial charge in [-0.25, -0.2) is 9.97 Å². The van der Waals surface area contributed by atoms with Crippen LogP contribution in [0, 0.1) is 0 Å². The summed E-state index contributed by atoms with van der Waals surface area (Å²) in [6, 6.07) is 8.74. The molecule has 0 unspecified atom stereocenters. The molecule has 4 nitrogen and oxygen atoms in total. The number of hydrogen-bond donors (Lipinski definition) is 2. The molecule has 2 aromatic rings. The highest BCUT2D eigenvalue weighted by Crippen LogP contribution is 2.12. The maximum Gasteiger partial charge on any atom is 0.489 e. The van der Waals surface area contributed by atoms with Gasteiger partial charge in [0.15, 0.2) is 0 Å². The molecule has 0 aliphatic carbocycles.